The second-order valence-electron chi connectivity index (χ2n) is 9.33. The van der Waals surface area contributed by atoms with E-state index in [-0.39, 0.29) is 37.8 Å². The second-order valence-corrected chi connectivity index (χ2v) is 9.33. The minimum atomic E-state index is -0.859. The number of aromatic nitrogens is 5. The molecule has 204 valence electrons. The van der Waals surface area contributed by atoms with Crippen LogP contribution in [0.1, 0.15) is 37.2 Å². The van der Waals surface area contributed by atoms with Crippen molar-refractivity contribution in [1.82, 2.24) is 41.6 Å². The van der Waals surface area contributed by atoms with Gasteiger partial charge in [-0.25, -0.2) is 4.98 Å². The fraction of sp³-hybridized carbons (Fsp3) is 0.385. The molecule has 0 bridgehead atoms. The molecule has 0 spiro atoms. The van der Waals surface area contributed by atoms with E-state index in [1.807, 2.05) is 44.2 Å². The molecular weight excluding hydrogens is 502 g/mol. The molecule has 0 fully saturated rings. The fourth-order valence-corrected chi connectivity index (χ4v) is 4.36. The average molecular weight is 534 g/mol. The van der Waals surface area contributed by atoms with Crippen molar-refractivity contribution in [2.45, 2.75) is 51.7 Å². The number of nitrogens with one attached hydrogen (secondary N) is 4. The lowest BCUT2D eigenvalue weighted by molar-refractivity contribution is -0.131. The number of carbonyl (C=O) groups excluding carboxylic acids is 4. The van der Waals surface area contributed by atoms with E-state index in [4.69, 9.17) is 0 Å². The Labute approximate surface area is 225 Å². The SMILES string of the molecule is CCC(C)C(NC(=O)Cc1ccccc1)C(=O)NCC(=O)N1c2ncccc2C[C@H]1C(=O)NCc1nn[nH]n1. The zero-order chi connectivity index (χ0) is 27.8. The van der Waals surface area contributed by atoms with E-state index in [2.05, 4.69) is 41.6 Å². The van der Waals surface area contributed by atoms with Crippen LogP contribution in [0.25, 0.3) is 0 Å². The molecule has 2 aromatic heterocycles. The number of anilines is 1. The van der Waals surface area contributed by atoms with Crippen LogP contribution >= 0.6 is 0 Å². The molecule has 3 atom stereocenters. The maximum Gasteiger partial charge on any atom is 0.248 e. The average Bonchev–Trinajstić information content (AvgIpc) is 3.61. The molecule has 1 aliphatic heterocycles. The highest BCUT2D eigenvalue weighted by atomic mass is 16.2. The van der Waals surface area contributed by atoms with Crippen LogP contribution in [0.4, 0.5) is 5.82 Å². The number of carbonyl (C=O) groups is 4. The Balaban J connectivity index is 1.41. The summed E-state index contributed by atoms with van der Waals surface area (Å²) in [7, 11) is 0. The molecule has 3 aromatic rings. The van der Waals surface area contributed by atoms with E-state index in [0.717, 1.165) is 11.1 Å². The highest BCUT2D eigenvalue weighted by molar-refractivity contribution is 6.04. The largest absolute Gasteiger partial charge is 0.347 e. The lowest BCUT2D eigenvalue weighted by atomic mass is 9.98. The van der Waals surface area contributed by atoms with Gasteiger partial charge in [0.05, 0.1) is 19.5 Å². The van der Waals surface area contributed by atoms with Crippen LogP contribution in [0.3, 0.4) is 0 Å². The molecule has 39 heavy (non-hydrogen) atoms. The Morgan fingerprint density at radius 3 is 2.62 bits per heavy atom. The van der Waals surface area contributed by atoms with Gasteiger partial charge in [-0.3, -0.25) is 24.1 Å². The van der Waals surface area contributed by atoms with Gasteiger partial charge in [-0.1, -0.05) is 61.9 Å². The molecule has 0 saturated heterocycles. The third-order valence-electron chi connectivity index (χ3n) is 6.64. The van der Waals surface area contributed by atoms with E-state index in [1.54, 1.807) is 18.3 Å². The third-order valence-corrected chi connectivity index (χ3v) is 6.64. The second kappa shape index (κ2) is 12.7. The zero-order valence-electron chi connectivity index (χ0n) is 21.8. The lowest BCUT2D eigenvalue weighted by Crippen LogP contribution is -2.54. The van der Waals surface area contributed by atoms with Crippen molar-refractivity contribution >= 4 is 29.4 Å². The molecule has 4 N–H and O–H groups in total. The number of hydrogen-bond donors (Lipinski definition) is 4. The van der Waals surface area contributed by atoms with Crippen LogP contribution in [0.5, 0.6) is 0 Å². The number of nitrogens with zero attached hydrogens (tertiary/aromatic N) is 5. The summed E-state index contributed by atoms with van der Waals surface area (Å²) in [4.78, 5) is 57.8. The molecule has 1 aromatic carbocycles. The smallest absolute Gasteiger partial charge is 0.248 e. The first kappa shape index (κ1) is 27.4. The van der Waals surface area contributed by atoms with Crippen molar-refractivity contribution in [3.8, 4) is 0 Å². The molecule has 0 aliphatic carbocycles. The quantitative estimate of drug-likeness (QED) is 0.268. The number of benzene rings is 1. The zero-order valence-corrected chi connectivity index (χ0v) is 21.8. The van der Waals surface area contributed by atoms with E-state index < -0.39 is 29.8 Å². The number of fused-ring (bicyclic) bond motifs is 1. The van der Waals surface area contributed by atoms with Gasteiger partial charge in [0.2, 0.25) is 23.6 Å². The maximum absolute atomic E-state index is 13.3. The molecule has 3 heterocycles. The number of pyridine rings is 1. The van der Waals surface area contributed by atoms with Crippen molar-refractivity contribution < 1.29 is 19.2 Å². The topological polar surface area (TPSA) is 175 Å². The predicted molar refractivity (Wildman–Crippen MR) is 140 cm³/mol. The van der Waals surface area contributed by atoms with Crippen molar-refractivity contribution in [3.63, 3.8) is 0 Å². The van der Waals surface area contributed by atoms with Crippen LogP contribution in [-0.4, -0.2) is 67.9 Å². The maximum atomic E-state index is 13.3. The standard InChI is InChI=1S/C26H31N9O4/c1-3-16(2)23(30-21(36)12-17-8-5-4-6-9-17)26(39)29-15-22(37)35-19(13-18-10-7-11-27-24(18)35)25(38)28-14-20-31-33-34-32-20/h4-11,16,19,23H,3,12-15H2,1-2H3,(H,28,38)(H,29,39)(H,30,36)(H,31,32,33,34)/t16?,19-,23?/m0/s1. The van der Waals surface area contributed by atoms with E-state index in [9.17, 15) is 19.2 Å². The number of amides is 4. The van der Waals surface area contributed by atoms with Crippen molar-refractivity contribution in [3.05, 3.63) is 65.6 Å². The number of H-pyrrole nitrogens is 1. The molecule has 4 rings (SSSR count). The minimum absolute atomic E-state index is 0.0354. The summed E-state index contributed by atoms with van der Waals surface area (Å²) in [5.41, 5.74) is 1.57. The number of aromatic amines is 1. The van der Waals surface area contributed by atoms with Gasteiger partial charge >= 0.3 is 0 Å². The third kappa shape index (κ3) is 6.80. The van der Waals surface area contributed by atoms with Gasteiger partial charge in [0.15, 0.2) is 5.82 Å². The summed E-state index contributed by atoms with van der Waals surface area (Å²) < 4.78 is 0. The molecule has 4 amide bonds. The highest BCUT2D eigenvalue weighted by Crippen LogP contribution is 2.30. The normalized spacial score (nSPS) is 15.6. The number of hydrogen-bond acceptors (Lipinski definition) is 8. The summed E-state index contributed by atoms with van der Waals surface area (Å²) >= 11 is 0. The summed E-state index contributed by atoms with van der Waals surface area (Å²) in [6, 6.07) is 11.1. The van der Waals surface area contributed by atoms with Crippen LogP contribution in [0, 0.1) is 5.92 Å². The predicted octanol–water partition coefficient (Wildman–Crippen LogP) is 0.0586. The molecule has 2 unspecified atom stereocenters. The molecular formula is C26H31N9O4. The van der Waals surface area contributed by atoms with Crippen molar-refractivity contribution in [2.24, 2.45) is 5.92 Å². The van der Waals surface area contributed by atoms with Gasteiger partial charge in [0.1, 0.15) is 17.9 Å². The Hall–Kier alpha value is -4.68. The summed E-state index contributed by atoms with van der Waals surface area (Å²) in [5, 5.41) is 21.6. The first-order chi connectivity index (χ1) is 18.9. The van der Waals surface area contributed by atoms with E-state index in [0.29, 0.717) is 18.1 Å². The number of tetrazole rings is 1. The van der Waals surface area contributed by atoms with E-state index in [1.165, 1.54) is 4.90 Å². The molecule has 1 aliphatic rings. The van der Waals surface area contributed by atoms with Gasteiger partial charge in [-0.05, 0) is 23.1 Å². The summed E-state index contributed by atoms with van der Waals surface area (Å²) in [6.45, 7) is 3.45. The molecule has 13 heteroatoms. The Bertz CT molecular complexity index is 1300. The van der Waals surface area contributed by atoms with Gasteiger partial charge in [-0.15, -0.1) is 10.2 Å². The van der Waals surface area contributed by atoms with Gasteiger partial charge in [0.25, 0.3) is 0 Å². The molecule has 0 saturated carbocycles. The molecule has 13 nitrogen and oxygen atoms in total. The van der Waals surface area contributed by atoms with Crippen molar-refractivity contribution in [1.29, 1.82) is 0 Å². The van der Waals surface area contributed by atoms with Crippen molar-refractivity contribution in [2.75, 3.05) is 11.4 Å². The first-order valence-electron chi connectivity index (χ1n) is 12.7. The van der Waals surface area contributed by atoms with Gasteiger partial charge < -0.3 is 16.0 Å². The van der Waals surface area contributed by atoms with Crippen LogP contribution in [0.2, 0.25) is 0 Å². The van der Waals surface area contributed by atoms with Crippen LogP contribution in [0.15, 0.2) is 48.7 Å². The highest BCUT2D eigenvalue weighted by Gasteiger charge is 2.39. The van der Waals surface area contributed by atoms with Gasteiger partial charge in [0, 0.05) is 12.6 Å². The van der Waals surface area contributed by atoms with Gasteiger partial charge in [-0.2, -0.15) is 5.21 Å². The Morgan fingerprint density at radius 1 is 1.10 bits per heavy atom. The first-order valence-corrected chi connectivity index (χ1v) is 12.7. The van der Waals surface area contributed by atoms with E-state index >= 15 is 0 Å². The van der Waals surface area contributed by atoms with Crippen LogP contribution < -0.4 is 20.9 Å². The monoisotopic (exact) mass is 533 g/mol. The van der Waals surface area contributed by atoms with Crippen LogP contribution in [-0.2, 0) is 38.6 Å². The lowest BCUT2D eigenvalue weighted by Gasteiger charge is -2.26. The summed E-state index contributed by atoms with van der Waals surface area (Å²) in [5.74, 6) is -1.18. The Morgan fingerprint density at radius 2 is 1.90 bits per heavy atom. The fourth-order valence-electron chi connectivity index (χ4n) is 4.36. The summed E-state index contributed by atoms with van der Waals surface area (Å²) in [6.07, 6.45) is 2.59. The minimum Gasteiger partial charge on any atom is -0.347 e. The molecule has 0 radical (unpaired) electrons. The number of rotatable bonds is 11. The Kier molecular flexibility index (Phi) is 8.92.